The Morgan fingerprint density at radius 3 is 2.48 bits per heavy atom. The zero-order valence-electron chi connectivity index (χ0n) is 32.2. The van der Waals surface area contributed by atoms with Crippen molar-refractivity contribution in [1.82, 2.24) is 28.8 Å². The number of aryl methyl sites for hydroxylation is 4. The third kappa shape index (κ3) is 7.20. The number of ether oxygens (including phenoxy) is 3. The number of hydrogen-bond donors (Lipinski definition) is 1. The van der Waals surface area contributed by atoms with Crippen molar-refractivity contribution in [3.05, 3.63) is 75.7 Å². The monoisotopic (exact) mass is 760 g/mol. The van der Waals surface area contributed by atoms with Crippen LogP contribution in [0.2, 0.25) is 0 Å². The minimum Gasteiger partial charge on any atom is -0.481 e. The van der Waals surface area contributed by atoms with Crippen LogP contribution in [-0.4, -0.2) is 99.9 Å². The van der Waals surface area contributed by atoms with E-state index in [9.17, 15) is 18.3 Å². The van der Waals surface area contributed by atoms with E-state index >= 15 is 0 Å². The first-order valence-electron chi connectivity index (χ1n) is 19.0. The van der Waals surface area contributed by atoms with Crippen molar-refractivity contribution in [2.75, 3.05) is 46.0 Å². The number of hydrogen-bond acceptors (Lipinski definition) is 10. The Bertz CT molecular complexity index is 2160. The van der Waals surface area contributed by atoms with Gasteiger partial charge >= 0.3 is 5.97 Å². The van der Waals surface area contributed by atoms with E-state index in [4.69, 9.17) is 19.2 Å². The molecule has 290 valence electrons. The molecule has 7 rings (SSSR count). The van der Waals surface area contributed by atoms with Crippen molar-refractivity contribution in [1.29, 1.82) is 0 Å². The molecule has 0 aliphatic carbocycles. The molecule has 0 bridgehead atoms. The summed E-state index contributed by atoms with van der Waals surface area (Å²) in [7, 11) is -4.11. The third-order valence-corrected chi connectivity index (χ3v) is 13.5. The van der Waals surface area contributed by atoms with Crippen LogP contribution in [0.15, 0.2) is 41.4 Å². The SMILES string of the molecule is Cc1ccc([C@@H](c2ccn3c(C)nnc3c2C)C(C)(C)C(=O)O)cc1CN1CC2(CCOCC2)Oc2nc(OCCN3CCCCC3)c(C)cc2S1(=O)=O. The van der Waals surface area contributed by atoms with Gasteiger partial charge in [0.25, 0.3) is 0 Å². The maximum Gasteiger partial charge on any atom is 0.310 e. The fraction of sp³-hybridized carbons (Fsp3) is 0.550. The molecule has 14 heteroatoms. The standard InChI is InChI=1S/C40H52N6O7S/c1-26-10-11-30(34(39(5,6)38(47)48)32-12-17-46-29(4)42-43-35(46)28(32)3)23-31(26)24-45-25-40(13-19-51-20-14-40)53-37-33(54(45,49)50)22-27(2)36(41-37)52-21-18-44-15-8-7-9-16-44/h10-12,17,22-23,34H,7-9,13-16,18-21,24-25H2,1-6H3,(H,47,48)/t34-/m0/s1. The second-order valence-electron chi connectivity index (χ2n) is 15.8. The van der Waals surface area contributed by atoms with Crippen LogP contribution in [0, 0.1) is 33.1 Å². The molecule has 13 nitrogen and oxygen atoms in total. The normalized spacial score (nSPS) is 19.6. The van der Waals surface area contributed by atoms with Crippen molar-refractivity contribution in [2.45, 2.75) is 96.6 Å². The number of sulfonamides is 1. The van der Waals surface area contributed by atoms with Crippen LogP contribution in [0.1, 0.15) is 91.1 Å². The molecular weight excluding hydrogens is 709 g/mol. The third-order valence-electron chi connectivity index (χ3n) is 11.7. The predicted octanol–water partition coefficient (Wildman–Crippen LogP) is 5.60. The molecule has 6 heterocycles. The van der Waals surface area contributed by atoms with E-state index in [1.807, 2.05) is 62.6 Å². The highest BCUT2D eigenvalue weighted by atomic mass is 32.2. The van der Waals surface area contributed by atoms with Gasteiger partial charge in [0.05, 0.1) is 25.2 Å². The minimum atomic E-state index is -4.11. The van der Waals surface area contributed by atoms with Gasteiger partial charge in [-0.2, -0.15) is 9.29 Å². The van der Waals surface area contributed by atoms with E-state index in [1.165, 1.54) is 23.6 Å². The lowest BCUT2D eigenvalue weighted by molar-refractivity contribution is -0.147. The molecule has 3 aromatic heterocycles. The summed E-state index contributed by atoms with van der Waals surface area (Å²) >= 11 is 0. The second-order valence-corrected chi connectivity index (χ2v) is 17.7. The molecule has 0 saturated carbocycles. The fourth-order valence-electron chi connectivity index (χ4n) is 8.21. The first-order valence-corrected chi connectivity index (χ1v) is 20.4. The van der Waals surface area contributed by atoms with E-state index in [0.29, 0.717) is 49.8 Å². The number of carbonyl (C=O) groups is 1. The van der Waals surface area contributed by atoms with E-state index < -0.39 is 32.9 Å². The molecular formula is C40H52N6O7S. The largest absolute Gasteiger partial charge is 0.481 e. The van der Waals surface area contributed by atoms with E-state index in [0.717, 1.165) is 53.3 Å². The maximum atomic E-state index is 14.7. The lowest BCUT2D eigenvalue weighted by Gasteiger charge is -2.38. The van der Waals surface area contributed by atoms with Crippen LogP contribution in [0.4, 0.5) is 0 Å². The summed E-state index contributed by atoms with van der Waals surface area (Å²) in [6.07, 6.45) is 6.51. The summed E-state index contributed by atoms with van der Waals surface area (Å²) in [5.74, 6) is -0.360. The zero-order chi connectivity index (χ0) is 38.4. The summed E-state index contributed by atoms with van der Waals surface area (Å²) in [6.45, 7) is 15.4. The van der Waals surface area contributed by atoms with Crippen LogP contribution in [0.25, 0.3) is 5.65 Å². The summed E-state index contributed by atoms with van der Waals surface area (Å²) in [5, 5.41) is 19.2. The zero-order valence-corrected chi connectivity index (χ0v) is 33.0. The lowest BCUT2D eigenvalue weighted by atomic mass is 9.70. The minimum absolute atomic E-state index is 0.0120. The van der Waals surface area contributed by atoms with Gasteiger partial charge in [0.2, 0.25) is 21.8 Å². The summed E-state index contributed by atoms with van der Waals surface area (Å²) in [6, 6.07) is 9.42. The van der Waals surface area contributed by atoms with Crippen LogP contribution in [-0.2, 0) is 26.1 Å². The van der Waals surface area contributed by atoms with Gasteiger partial charge in [0.15, 0.2) is 5.65 Å². The second kappa shape index (κ2) is 14.9. The Balaban J connectivity index is 1.25. The summed E-state index contributed by atoms with van der Waals surface area (Å²) in [4.78, 5) is 20.0. The first kappa shape index (κ1) is 38.2. The molecule has 0 amide bonds. The molecule has 3 aliphatic heterocycles. The Morgan fingerprint density at radius 2 is 1.76 bits per heavy atom. The summed E-state index contributed by atoms with van der Waals surface area (Å²) < 4.78 is 51.4. The van der Waals surface area contributed by atoms with Gasteiger partial charge in [-0.3, -0.25) is 14.1 Å². The Labute approximate surface area is 317 Å². The van der Waals surface area contributed by atoms with Crippen LogP contribution >= 0.6 is 0 Å². The lowest BCUT2D eigenvalue weighted by Crippen LogP contribution is -2.50. The van der Waals surface area contributed by atoms with Gasteiger partial charge in [-0.15, -0.1) is 10.2 Å². The van der Waals surface area contributed by atoms with Gasteiger partial charge in [0.1, 0.15) is 22.9 Å². The van der Waals surface area contributed by atoms with Gasteiger partial charge in [-0.25, -0.2) is 8.42 Å². The molecule has 2 fully saturated rings. The summed E-state index contributed by atoms with van der Waals surface area (Å²) in [5.41, 5.74) is 3.28. The maximum absolute atomic E-state index is 14.7. The highest BCUT2D eigenvalue weighted by Crippen LogP contribution is 2.45. The number of benzene rings is 1. The van der Waals surface area contributed by atoms with E-state index in [1.54, 1.807) is 19.9 Å². The predicted molar refractivity (Wildman–Crippen MR) is 203 cm³/mol. The van der Waals surface area contributed by atoms with E-state index in [-0.39, 0.29) is 23.9 Å². The van der Waals surface area contributed by atoms with Gasteiger partial charge < -0.3 is 19.3 Å². The van der Waals surface area contributed by atoms with Crippen LogP contribution in [0.5, 0.6) is 11.8 Å². The van der Waals surface area contributed by atoms with Crippen LogP contribution in [0.3, 0.4) is 0 Å². The molecule has 1 aromatic carbocycles. The highest BCUT2D eigenvalue weighted by Gasteiger charge is 2.46. The van der Waals surface area contributed by atoms with Crippen molar-refractivity contribution in [3.63, 3.8) is 0 Å². The topological polar surface area (TPSA) is 149 Å². The number of rotatable bonds is 10. The smallest absolute Gasteiger partial charge is 0.310 e. The molecule has 2 saturated heterocycles. The van der Waals surface area contributed by atoms with E-state index in [2.05, 4.69) is 15.1 Å². The van der Waals surface area contributed by atoms with Gasteiger partial charge in [-0.1, -0.05) is 24.6 Å². The number of likely N-dealkylation sites (tertiary alicyclic amines) is 1. The van der Waals surface area contributed by atoms with Crippen molar-refractivity contribution >= 4 is 21.6 Å². The molecule has 1 atom stereocenters. The van der Waals surface area contributed by atoms with Gasteiger partial charge in [0, 0.05) is 43.6 Å². The van der Waals surface area contributed by atoms with Crippen LogP contribution < -0.4 is 9.47 Å². The number of fused-ring (bicyclic) bond motifs is 2. The molecule has 0 radical (unpaired) electrons. The highest BCUT2D eigenvalue weighted by molar-refractivity contribution is 7.89. The number of piperidine rings is 1. The number of aromatic nitrogens is 4. The average Bonchev–Trinajstić information content (AvgIpc) is 3.49. The molecule has 54 heavy (non-hydrogen) atoms. The Kier molecular flexibility index (Phi) is 10.5. The average molecular weight is 761 g/mol. The van der Waals surface area contributed by atoms with Crippen molar-refractivity contribution < 1.29 is 32.5 Å². The quantitative estimate of drug-likeness (QED) is 0.216. The molecule has 1 spiro atoms. The Morgan fingerprint density at radius 1 is 1.02 bits per heavy atom. The fourth-order valence-corrected chi connectivity index (χ4v) is 9.83. The van der Waals surface area contributed by atoms with Crippen molar-refractivity contribution in [2.24, 2.45) is 5.41 Å². The van der Waals surface area contributed by atoms with Gasteiger partial charge in [-0.05, 0) is 107 Å². The number of carboxylic acid groups (broad SMARTS) is 1. The molecule has 4 aromatic rings. The molecule has 0 unspecified atom stereocenters. The molecule has 1 N–H and O–H groups in total. The van der Waals surface area contributed by atoms with Crippen molar-refractivity contribution in [3.8, 4) is 11.8 Å². The number of nitrogens with zero attached hydrogens (tertiary/aromatic N) is 6. The molecule has 3 aliphatic rings. The Hall–Kier alpha value is -4.11. The first-order chi connectivity index (χ1) is 25.7. The number of pyridine rings is 2. The number of carboxylic acids is 1. The number of aliphatic carboxylic acids is 1.